The molecule has 0 atom stereocenters. The summed E-state index contributed by atoms with van der Waals surface area (Å²) in [6.45, 7) is 6.23. The molecule has 0 radical (unpaired) electrons. The Labute approximate surface area is 77.6 Å². The van der Waals surface area contributed by atoms with Crippen LogP contribution in [-0.4, -0.2) is 10.2 Å². The van der Waals surface area contributed by atoms with Gasteiger partial charge < -0.3 is 5.73 Å². The van der Waals surface area contributed by atoms with E-state index < -0.39 is 0 Å². The fourth-order valence-electron chi connectivity index (χ4n) is 0.856. The molecule has 0 aliphatic carbocycles. The van der Waals surface area contributed by atoms with Gasteiger partial charge in [0.2, 0.25) is 0 Å². The molecule has 0 fully saturated rings. The molecule has 1 heterocycles. The van der Waals surface area contributed by atoms with E-state index in [-0.39, 0.29) is 0 Å². The van der Waals surface area contributed by atoms with Crippen molar-refractivity contribution in [2.45, 2.75) is 31.0 Å². The van der Waals surface area contributed by atoms with Crippen LogP contribution in [0.5, 0.6) is 0 Å². The van der Waals surface area contributed by atoms with Gasteiger partial charge >= 0.3 is 0 Å². The van der Waals surface area contributed by atoms with Crippen LogP contribution < -0.4 is 5.73 Å². The van der Waals surface area contributed by atoms with E-state index in [2.05, 4.69) is 18.8 Å². The van der Waals surface area contributed by atoms with Crippen LogP contribution in [0.1, 0.15) is 19.5 Å². The van der Waals surface area contributed by atoms with E-state index in [0.717, 1.165) is 16.4 Å². The lowest BCUT2D eigenvalue weighted by Gasteiger charge is -2.05. The molecule has 0 amide bonds. The summed E-state index contributed by atoms with van der Waals surface area (Å²) in [4.78, 5) is 4.35. The van der Waals surface area contributed by atoms with E-state index in [1.165, 1.54) is 0 Å². The van der Waals surface area contributed by atoms with Crippen LogP contribution in [-0.2, 0) is 0 Å². The largest absolute Gasteiger partial charge is 0.397 e. The molecule has 0 saturated heterocycles. The van der Waals surface area contributed by atoms with Crippen molar-refractivity contribution in [3.05, 3.63) is 17.8 Å². The Morgan fingerprint density at radius 1 is 1.42 bits per heavy atom. The Bertz CT molecular complexity index is 271. The average Bonchev–Trinajstić information content (AvgIpc) is 1.96. The molecule has 0 aliphatic heterocycles. The highest BCUT2D eigenvalue weighted by Crippen LogP contribution is 2.22. The molecular formula is C9H14N2S. The third kappa shape index (κ3) is 2.41. The lowest BCUT2D eigenvalue weighted by atomic mass is 10.3. The van der Waals surface area contributed by atoms with Crippen LogP contribution in [0, 0.1) is 6.92 Å². The van der Waals surface area contributed by atoms with E-state index in [9.17, 15) is 0 Å². The number of anilines is 1. The normalized spacial score (nSPS) is 10.7. The quantitative estimate of drug-likeness (QED) is 0.714. The van der Waals surface area contributed by atoms with Crippen molar-refractivity contribution in [1.29, 1.82) is 0 Å². The molecule has 2 N–H and O–H groups in total. The average molecular weight is 182 g/mol. The third-order valence-corrected chi connectivity index (χ3v) is 2.40. The lowest BCUT2D eigenvalue weighted by Crippen LogP contribution is -1.95. The maximum Gasteiger partial charge on any atom is 0.0967 e. The number of hydrogen-bond donors (Lipinski definition) is 1. The van der Waals surface area contributed by atoms with Gasteiger partial charge in [-0.25, -0.2) is 4.98 Å². The van der Waals surface area contributed by atoms with E-state index in [1.54, 1.807) is 11.8 Å². The molecule has 2 nitrogen and oxygen atoms in total. The first-order valence-corrected chi connectivity index (χ1v) is 4.87. The minimum atomic E-state index is 0.570. The smallest absolute Gasteiger partial charge is 0.0967 e. The van der Waals surface area contributed by atoms with E-state index in [4.69, 9.17) is 5.73 Å². The van der Waals surface area contributed by atoms with Crippen LogP contribution in [0.2, 0.25) is 0 Å². The number of rotatable bonds is 2. The Kier molecular flexibility index (Phi) is 2.98. The number of thioether (sulfide) groups is 1. The molecule has 0 aliphatic rings. The second-order valence-corrected chi connectivity index (χ2v) is 4.59. The molecule has 0 aromatic carbocycles. The Morgan fingerprint density at radius 3 is 2.58 bits per heavy atom. The number of aryl methyl sites for hydroxylation is 1. The van der Waals surface area contributed by atoms with Gasteiger partial charge in [0.1, 0.15) is 0 Å². The predicted octanol–water partition coefficient (Wildman–Crippen LogP) is 2.47. The second kappa shape index (κ2) is 3.81. The predicted molar refractivity (Wildman–Crippen MR) is 54.4 cm³/mol. The minimum absolute atomic E-state index is 0.570. The fraction of sp³-hybridized carbons (Fsp3) is 0.444. The summed E-state index contributed by atoms with van der Waals surface area (Å²) in [6.07, 6.45) is 0. The van der Waals surface area contributed by atoms with Gasteiger partial charge in [0.05, 0.1) is 16.4 Å². The molecule has 1 aromatic rings. The summed E-state index contributed by atoms with van der Waals surface area (Å²) in [7, 11) is 0. The monoisotopic (exact) mass is 182 g/mol. The minimum Gasteiger partial charge on any atom is -0.397 e. The topological polar surface area (TPSA) is 38.9 Å². The van der Waals surface area contributed by atoms with Crippen LogP contribution in [0.4, 0.5) is 5.69 Å². The van der Waals surface area contributed by atoms with Gasteiger partial charge in [0.25, 0.3) is 0 Å². The Morgan fingerprint density at radius 2 is 2.08 bits per heavy atom. The zero-order valence-electron chi connectivity index (χ0n) is 7.66. The maximum atomic E-state index is 5.65. The SMILES string of the molecule is Cc1nc(SC(C)C)ccc1N. The van der Waals surface area contributed by atoms with Crippen molar-refractivity contribution in [2.75, 3.05) is 5.73 Å². The van der Waals surface area contributed by atoms with Crippen molar-refractivity contribution in [1.82, 2.24) is 4.98 Å². The van der Waals surface area contributed by atoms with E-state index >= 15 is 0 Å². The summed E-state index contributed by atoms with van der Waals surface area (Å²) in [5.74, 6) is 0. The summed E-state index contributed by atoms with van der Waals surface area (Å²) < 4.78 is 0. The zero-order valence-corrected chi connectivity index (χ0v) is 8.48. The highest BCUT2D eigenvalue weighted by Gasteiger charge is 2.01. The van der Waals surface area contributed by atoms with Crippen molar-refractivity contribution < 1.29 is 0 Å². The van der Waals surface area contributed by atoms with E-state index in [0.29, 0.717) is 5.25 Å². The van der Waals surface area contributed by atoms with Gasteiger partial charge in [-0.2, -0.15) is 0 Å². The van der Waals surface area contributed by atoms with E-state index in [1.807, 2.05) is 19.1 Å². The van der Waals surface area contributed by atoms with Crippen LogP contribution in [0.3, 0.4) is 0 Å². The summed E-state index contributed by atoms with van der Waals surface area (Å²) in [6, 6.07) is 3.88. The molecule has 1 rings (SSSR count). The van der Waals surface area contributed by atoms with Crippen molar-refractivity contribution in [2.24, 2.45) is 0 Å². The zero-order chi connectivity index (χ0) is 9.14. The first-order chi connectivity index (χ1) is 5.59. The highest BCUT2D eigenvalue weighted by atomic mass is 32.2. The molecule has 0 bridgehead atoms. The fourth-order valence-corrected chi connectivity index (χ4v) is 1.68. The molecule has 3 heteroatoms. The number of aromatic nitrogens is 1. The summed E-state index contributed by atoms with van der Waals surface area (Å²) >= 11 is 1.75. The molecular weight excluding hydrogens is 168 g/mol. The van der Waals surface area contributed by atoms with Gasteiger partial charge in [-0.1, -0.05) is 13.8 Å². The molecule has 0 unspecified atom stereocenters. The standard InChI is InChI=1S/C9H14N2S/c1-6(2)12-9-5-4-8(10)7(3)11-9/h4-6H,10H2,1-3H3. The van der Waals surface area contributed by atoms with Crippen LogP contribution in [0.25, 0.3) is 0 Å². The molecule has 0 saturated carbocycles. The number of nitrogens with zero attached hydrogens (tertiary/aromatic N) is 1. The molecule has 1 aromatic heterocycles. The number of pyridine rings is 1. The number of hydrogen-bond acceptors (Lipinski definition) is 3. The van der Waals surface area contributed by atoms with Crippen molar-refractivity contribution in [3.8, 4) is 0 Å². The van der Waals surface area contributed by atoms with Crippen LogP contribution >= 0.6 is 11.8 Å². The third-order valence-electron chi connectivity index (χ3n) is 1.46. The van der Waals surface area contributed by atoms with Gasteiger partial charge in [0.15, 0.2) is 0 Å². The lowest BCUT2D eigenvalue weighted by molar-refractivity contribution is 1.04. The van der Waals surface area contributed by atoms with Gasteiger partial charge in [-0.05, 0) is 19.1 Å². The molecule has 0 spiro atoms. The Balaban J connectivity index is 2.82. The van der Waals surface area contributed by atoms with Gasteiger partial charge in [-0.15, -0.1) is 11.8 Å². The number of nitrogens with two attached hydrogens (primary N) is 1. The van der Waals surface area contributed by atoms with Gasteiger partial charge in [0, 0.05) is 5.25 Å². The van der Waals surface area contributed by atoms with Crippen LogP contribution in [0.15, 0.2) is 17.2 Å². The van der Waals surface area contributed by atoms with Crippen molar-refractivity contribution >= 4 is 17.4 Å². The highest BCUT2D eigenvalue weighted by molar-refractivity contribution is 7.99. The Hall–Kier alpha value is -0.700. The second-order valence-electron chi connectivity index (χ2n) is 2.99. The molecule has 66 valence electrons. The maximum absolute atomic E-state index is 5.65. The first-order valence-electron chi connectivity index (χ1n) is 3.99. The molecule has 12 heavy (non-hydrogen) atoms. The van der Waals surface area contributed by atoms with Gasteiger partial charge in [-0.3, -0.25) is 0 Å². The van der Waals surface area contributed by atoms with Crippen molar-refractivity contribution in [3.63, 3.8) is 0 Å². The summed E-state index contributed by atoms with van der Waals surface area (Å²) in [5.41, 5.74) is 7.33. The first kappa shape index (κ1) is 9.39. The summed E-state index contributed by atoms with van der Waals surface area (Å²) in [5, 5.41) is 1.62. The number of nitrogen functional groups attached to an aromatic ring is 1.